The quantitative estimate of drug-likeness (QED) is 0.807. The molecule has 0 bridgehead atoms. The molecule has 0 aliphatic heterocycles. The Labute approximate surface area is 121 Å². The van der Waals surface area contributed by atoms with Crippen LogP contribution in [-0.2, 0) is 19.7 Å². The zero-order chi connectivity index (χ0) is 15.3. The lowest BCUT2D eigenvalue weighted by atomic mass is 10.3. The zero-order valence-electron chi connectivity index (χ0n) is 10.9. The van der Waals surface area contributed by atoms with Crippen LogP contribution >= 0.6 is 11.6 Å². The summed E-state index contributed by atoms with van der Waals surface area (Å²) in [6.45, 7) is -0.0547. The van der Waals surface area contributed by atoms with Crippen molar-refractivity contribution in [3.05, 3.63) is 29.0 Å². The molecule has 0 saturated carbocycles. The van der Waals surface area contributed by atoms with Gasteiger partial charge < -0.3 is 4.74 Å². The van der Waals surface area contributed by atoms with Gasteiger partial charge in [0.05, 0.1) is 24.2 Å². The van der Waals surface area contributed by atoms with Gasteiger partial charge in [0.1, 0.15) is 5.82 Å². The van der Waals surface area contributed by atoms with Gasteiger partial charge in [0.25, 0.3) is 0 Å². The van der Waals surface area contributed by atoms with Gasteiger partial charge >= 0.3 is 16.2 Å². The van der Waals surface area contributed by atoms with E-state index in [1.807, 2.05) is 0 Å². The van der Waals surface area contributed by atoms with Crippen LogP contribution in [0.3, 0.4) is 0 Å². The third kappa shape index (κ3) is 4.62. The molecule has 0 unspecified atom stereocenters. The van der Waals surface area contributed by atoms with Crippen LogP contribution in [0.15, 0.2) is 18.2 Å². The van der Waals surface area contributed by atoms with E-state index in [1.54, 1.807) is 0 Å². The van der Waals surface area contributed by atoms with E-state index in [2.05, 4.69) is 9.46 Å². The van der Waals surface area contributed by atoms with Crippen molar-refractivity contribution in [1.82, 2.24) is 4.31 Å². The Balaban J connectivity index is 2.76. The molecule has 0 aromatic heterocycles. The molecule has 0 spiro atoms. The number of hydrogen-bond donors (Lipinski definition) is 1. The Morgan fingerprint density at radius 1 is 1.50 bits per heavy atom. The number of hydrogen-bond acceptors (Lipinski definition) is 4. The number of carbonyl (C=O) groups excluding carboxylic acids is 1. The van der Waals surface area contributed by atoms with Crippen LogP contribution < -0.4 is 4.72 Å². The van der Waals surface area contributed by atoms with Crippen molar-refractivity contribution in [1.29, 1.82) is 0 Å². The molecule has 1 aromatic carbocycles. The summed E-state index contributed by atoms with van der Waals surface area (Å²) >= 11 is 5.73. The van der Waals surface area contributed by atoms with Crippen molar-refractivity contribution in [2.75, 3.05) is 25.4 Å². The minimum atomic E-state index is -3.88. The van der Waals surface area contributed by atoms with Crippen molar-refractivity contribution in [3.8, 4) is 0 Å². The summed E-state index contributed by atoms with van der Waals surface area (Å²) in [5.41, 5.74) is 0.0537. The number of nitrogens with one attached hydrogen (secondary N) is 1. The van der Waals surface area contributed by atoms with E-state index in [0.717, 1.165) is 16.4 Å². The van der Waals surface area contributed by atoms with Crippen molar-refractivity contribution < 1.29 is 22.3 Å². The molecule has 0 amide bonds. The minimum absolute atomic E-state index is 0.0537. The highest BCUT2D eigenvalue weighted by Gasteiger charge is 2.19. The maximum absolute atomic E-state index is 12.9. The molecule has 0 aliphatic rings. The summed E-state index contributed by atoms with van der Waals surface area (Å²) in [5, 5.41) is -0.0602. The first-order valence-electron chi connectivity index (χ1n) is 5.52. The number of carbonyl (C=O) groups is 1. The van der Waals surface area contributed by atoms with Gasteiger partial charge in [-0.25, -0.2) is 4.39 Å². The molecule has 1 N–H and O–H groups in total. The van der Waals surface area contributed by atoms with Gasteiger partial charge in [0.15, 0.2) is 0 Å². The highest BCUT2D eigenvalue weighted by atomic mass is 35.5. The first-order valence-corrected chi connectivity index (χ1v) is 7.34. The molecule has 0 aliphatic carbocycles. The van der Waals surface area contributed by atoms with E-state index in [1.165, 1.54) is 20.2 Å². The largest absolute Gasteiger partial charge is 0.469 e. The van der Waals surface area contributed by atoms with E-state index in [9.17, 15) is 17.6 Å². The summed E-state index contributed by atoms with van der Waals surface area (Å²) in [5.74, 6) is -1.09. The van der Waals surface area contributed by atoms with Crippen LogP contribution in [0.1, 0.15) is 6.42 Å². The second-order valence-electron chi connectivity index (χ2n) is 3.88. The van der Waals surface area contributed by atoms with E-state index in [-0.39, 0.29) is 23.7 Å². The lowest BCUT2D eigenvalue weighted by Gasteiger charge is -2.18. The summed E-state index contributed by atoms with van der Waals surface area (Å²) in [6.07, 6.45) is -0.0783. The minimum Gasteiger partial charge on any atom is -0.469 e. The molecule has 1 rings (SSSR count). The Bertz CT molecular complexity index is 594. The van der Waals surface area contributed by atoms with Gasteiger partial charge in [-0.05, 0) is 18.2 Å². The number of rotatable bonds is 6. The van der Waals surface area contributed by atoms with Gasteiger partial charge in [-0.1, -0.05) is 11.6 Å². The number of nitrogens with zero attached hydrogens (tertiary/aromatic N) is 1. The van der Waals surface area contributed by atoms with Crippen LogP contribution in [0.25, 0.3) is 0 Å². The highest BCUT2D eigenvalue weighted by molar-refractivity contribution is 7.90. The molecule has 6 nitrogen and oxygen atoms in total. The van der Waals surface area contributed by atoms with Gasteiger partial charge in [0.2, 0.25) is 0 Å². The third-order valence-corrected chi connectivity index (χ3v) is 4.23. The summed E-state index contributed by atoms with van der Waals surface area (Å²) in [7, 11) is -1.37. The lowest BCUT2D eigenvalue weighted by molar-refractivity contribution is -0.140. The number of anilines is 1. The highest BCUT2D eigenvalue weighted by Crippen LogP contribution is 2.23. The van der Waals surface area contributed by atoms with Gasteiger partial charge in [-0.2, -0.15) is 12.7 Å². The van der Waals surface area contributed by atoms with Crippen LogP contribution in [0.4, 0.5) is 10.1 Å². The fraction of sp³-hybridized carbons (Fsp3) is 0.364. The van der Waals surface area contributed by atoms with E-state index in [4.69, 9.17) is 11.6 Å². The number of methoxy groups -OCH3 is 1. The smallest absolute Gasteiger partial charge is 0.306 e. The predicted octanol–water partition coefficient (Wildman–Crippen LogP) is 1.63. The zero-order valence-corrected chi connectivity index (χ0v) is 12.5. The summed E-state index contributed by atoms with van der Waals surface area (Å²) in [6, 6.07) is 3.29. The fourth-order valence-electron chi connectivity index (χ4n) is 1.26. The topological polar surface area (TPSA) is 75.7 Å². The monoisotopic (exact) mass is 324 g/mol. The predicted molar refractivity (Wildman–Crippen MR) is 73.2 cm³/mol. The van der Waals surface area contributed by atoms with E-state index < -0.39 is 22.0 Å². The average Bonchev–Trinajstić information content (AvgIpc) is 2.38. The third-order valence-electron chi connectivity index (χ3n) is 2.44. The Hall–Kier alpha value is -1.38. The Morgan fingerprint density at radius 3 is 2.70 bits per heavy atom. The normalized spacial score (nSPS) is 11.4. The van der Waals surface area contributed by atoms with Crippen molar-refractivity contribution in [3.63, 3.8) is 0 Å². The standard InChI is InChI=1S/C11H14ClFN2O4S/c1-15(6-5-11(16)19-2)20(17,18)14-10-4-3-8(13)7-9(10)12/h3-4,7,14H,5-6H2,1-2H3. The van der Waals surface area contributed by atoms with Gasteiger partial charge in [0, 0.05) is 13.6 Å². The molecule has 112 valence electrons. The number of ether oxygens (including phenoxy) is 1. The van der Waals surface area contributed by atoms with Crippen molar-refractivity contribution in [2.45, 2.75) is 6.42 Å². The molecule has 0 atom stereocenters. The molecule has 0 fully saturated rings. The van der Waals surface area contributed by atoms with Crippen LogP contribution in [-0.4, -0.2) is 39.4 Å². The van der Waals surface area contributed by atoms with Crippen molar-refractivity contribution in [2.24, 2.45) is 0 Å². The SMILES string of the molecule is COC(=O)CCN(C)S(=O)(=O)Nc1ccc(F)cc1Cl. The maximum Gasteiger partial charge on any atom is 0.306 e. The van der Waals surface area contributed by atoms with Crippen molar-refractivity contribution >= 4 is 33.5 Å². The summed E-state index contributed by atoms with van der Waals surface area (Å²) < 4.78 is 44.3. The lowest BCUT2D eigenvalue weighted by Crippen LogP contribution is -2.34. The van der Waals surface area contributed by atoms with Crippen LogP contribution in [0, 0.1) is 5.82 Å². The van der Waals surface area contributed by atoms with Crippen LogP contribution in [0.2, 0.25) is 5.02 Å². The molecular weight excluding hydrogens is 311 g/mol. The molecular formula is C11H14ClFN2O4S. The Morgan fingerprint density at radius 2 is 2.15 bits per heavy atom. The van der Waals surface area contributed by atoms with Gasteiger partial charge in [-0.15, -0.1) is 0 Å². The molecule has 20 heavy (non-hydrogen) atoms. The summed E-state index contributed by atoms with van der Waals surface area (Å²) in [4.78, 5) is 11.0. The fourth-order valence-corrected chi connectivity index (χ4v) is 2.47. The second kappa shape index (κ2) is 6.87. The second-order valence-corrected chi connectivity index (χ2v) is 6.06. The first-order chi connectivity index (χ1) is 9.26. The molecule has 0 saturated heterocycles. The number of benzene rings is 1. The van der Waals surface area contributed by atoms with Gasteiger partial charge in [-0.3, -0.25) is 9.52 Å². The first kappa shape index (κ1) is 16.7. The molecule has 0 heterocycles. The molecule has 1 aromatic rings. The van der Waals surface area contributed by atoms with E-state index >= 15 is 0 Å². The molecule has 0 radical (unpaired) electrons. The average molecular weight is 325 g/mol. The number of esters is 1. The Kier molecular flexibility index (Phi) is 5.73. The maximum atomic E-state index is 12.9. The molecule has 9 heteroatoms. The van der Waals surface area contributed by atoms with E-state index in [0.29, 0.717) is 0 Å². The number of halogens is 2. The van der Waals surface area contributed by atoms with Crippen LogP contribution in [0.5, 0.6) is 0 Å².